The van der Waals surface area contributed by atoms with Gasteiger partial charge in [0.15, 0.2) is 5.65 Å². The number of amides is 2. The quantitative estimate of drug-likeness (QED) is 0.470. The molecule has 0 radical (unpaired) electrons. The van der Waals surface area contributed by atoms with Crippen LogP contribution in [0, 0.1) is 11.6 Å². The fourth-order valence-electron chi connectivity index (χ4n) is 3.60. The summed E-state index contributed by atoms with van der Waals surface area (Å²) in [6.45, 7) is 0. The van der Waals surface area contributed by atoms with Crippen LogP contribution in [0.4, 0.5) is 14.6 Å². The predicted octanol–water partition coefficient (Wildman–Crippen LogP) is 2.80. The third-order valence-corrected chi connectivity index (χ3v) is 5.37. The van der Waals surface area contributed by atoms with Gasteiger partial charge in [-0.2, -0.15) is 9.61 Å². The maximum atomic E-state index is 14.0. The molecule has 2 N–H and O–H groups in total. The Morgan fingerprint density at radius 3 is 2.74 bits per heavy atom. The van der Waals surface area contributed by atoms with E-state index >= 15 is 0 Å². The third-order valence-electron chi connectivity index (χ3n) is 5.37. The number of hydrogen-bond acceptors (Lipinski definition) is 5. The molecule has 2 amide bonds. The molecule has 5 rings (SSSR count). The van der Waals surface area contributed by atoms with E-state index in [1.54, 1.807) is 16.8 Å². The van der Waals surface area contributed by atoms with Crippen LogP contribution in [-0.2, 0) is 22.4 Å². The molecule has 9 heteroatoms. The van der Waals surface area contributed by atoms with Crippen LogP contribution < -0.4 is 10.6 Å². The zero-order valence-electron chi connectivity index (χ0n) is 16.5. The fourth-order valence-corrected chi connectivity index (χ4v) is 3.60. The third kappa shape index (κ3) is 4.03. The Morgan fingerprint density at radius 1 is 1.19 bits per heavy atom. The van der Waals surface area contributed by atoms with E-state index in [2.05, 4.69) is 20.7 Å². The molecule has 3 aromatic rings. The molecule has 2 aromatic heterocycles. The first-order valence-corrected chi connectivity index (χ1v) is 10.1. The summed E-state index contributed by atoms with van der Waals surface area (Å²) in [5.41, 5.74) is 2.65. The minimum atomic E-state index is -0.608. The van der Waals surface area contributed by atoms with Crippen LogP contribution >= 0.6 is 0 Å². The SMILES string of the molecule is O=C1C/C(=C\c2cnn3c(NC4CC4)cc(CCc4ccc(F)cc4F)nc23)C(=O)N1. The van der Waals surface area contributed by atoms with E-state index in [1.165, 1.54) is 12.1 Å². The first-order chi connectivity index (χ1) is 15.0. The molecule has 0 unspecified atom stereocenters. The zero-order valence-corrected chi connectivity index (χ0v) is 16.5. The number of nitrogens with one attached hydrogen (secondary N) is 2. The van der Waals surface area contributed by atoms with Crippen molar-refractivity contribution in [3.05, 3.63) is 64.5 Å². The van der Waals surface area contributed by atoms with Crippen molar-refractivity contribution in [1.82, 2.24) is 19.9 Å². The Labute approximate surface area is 176 Å². The van der Waals surface area contributed by atoms with Crippen molar-refractivity contribution in [1.29, 1.82) is 0 Å². The van der Waals surface area contributed by atoms with Gasteiger partial charge in [-0.1, -0.05) is 6.07 Å². The van der Waals surface area contributed by atoms with E-state index in [0.29, 0.717) is 46.9 Å². The molecule has 31 heavy (non-hydrogen) atoms. The van der Waals surface area contributed by atoms with Crippen molar-refractivity contribution in [3.8, 4) is 0 Å². The minimum Gasteiger partial charge on any atom is -0.367 e. The number of anilines is 1. The van der Waals surface area contributed by atoms with Crippen molar-refractivity contribution in [2.75, 3.05) is 5.32 Å². The standard InChI is InChI=1S/C22H19F2N5O2/c23-15-3-1-12(18(24)9-15)2-4-17-10-19(26-16-5-6-16)29-21(27-17)14(11-25-29)7-13-8-20(30)28-22(13)31/h1,3,7,9-11,16,26H,2,4-6,8H2,(H,28,30,31)/b13-7+. The van der Waals surface area contributed by atoms with E-state index in [1.807, 2.05) is 6.07 Å². The lowest BCUT2D eigenvalue weighted by atomic mass is 10.1. The second-order valence-electron chi connectivity index (χ2n) is 7.85. The smallest absolute Gasteiger partial charge is 0.254 e. The van der Waals surface area contributed by atoms with Crippen LogP contribution in [-0.4, -0.2) is 32.5 Å². The van der Waals surface area contributed by atoms with Crippen molar-refractivity contribution in [2.45, 2.75) is 38.1 Å². The van der Waals surface area contributed by atoms with E-state index < -0.39 is 17.5 Å². The zero-order chi connectivity index (χ0) is 21.5. The Morgan fingerprint density at radius 2 is 2.03 bits per heavy atom. The summed E-state index contributed by atoms with van der Waals surface area (Å²) in [7, 11) is 0. The van der Waals surface area contributed by atoms with Crippen LogP contribution in [0.5, 0.6) is 0 Å². The molecule has 7 nitrogen and oxygen atoms in total. The van der Waals surface area contributed by atoms with Crippen LogP contribution in [0.15, 0.2) is 36.0 Å². The highest BCUT2D eigenvalue weighted by Gasteiger charge is 2.25. The second kappa shape index (κ2) is 7.57. The van der Waals surface area contributed by atoms with Gasteiger partial charge in [0.1, 0.15) is 17.5 Å². The Kier molecular flexibility index (Phi) is 4.72. The topological polar surface area (TPSA) is 88.4 Å². The molecule has 0 atom stereocenters. The highest BCUT2D eigenvalue weighted by atomic mass is 19.1. The second-order valence-corrected chi connectivity index (χ2v) is 7.85. The van der Waals surface area contributed by atoms with Gasteiger partial charge >= 0.3 is 0 Å². The molecule has 1 saturated heterocycles. The Balaban J connectivity index is 1.49. The summed E-state index contributed by atoms with van der Waals surface area (Å²) < 4.78 is 28.9. The van der Waals surface area contributed by atoms with E-state index in [-0.39, 0.29) is 12.3 Å². The number of nitrogens with zero attached hydrogens (tertiary/aromatic N) is 3. The highest BCUT2D eigenvalue weighted by Crippen LogP contribution is 2.27. The number of imide groups is 1. The van der Waals surface area contributed by atoms with E-state index in [9.17, 15) is 18.4 Å². The summed E-state index contributed by atoms with van der Waals surface area (Å²) in [4.78, 5) is 28.1. The molecule has 2 aliphatic rings. The number of aryl methyl sites for hydroxylation is 2. The van der Waals surface area contributed by atoms with Gasteiger partial charge in [-0.25, -0.2) is 13.8 Å². The van der Waals surface area contributed by atoms with E-state index in [0.717, 1.165) is 24.7 Å². The molecular formula is C22H19F2N5O2. The summed E-state index contributed by atoms with van der Waals surface area (Å²) >= 11 is 0. The van der Waals surface area contributed by atoms with Crippen molar-refractivity contribution in [2.24, 2.45) is 0 Å². The lowest BCUT2D eigenvalue weighted by Crippen LogP contribution is -2.19. The van der Waals surface area contributed by atoms with Crippen molar-refractivity contribution in [3.63, 3.8) is 0 Å². The van der Waals surface area contributed by atoms with Gasteiger partial charge in [-0.3, -0.25) is 14.9 Å². The summed E-state index contributed by atoms with van der Waals surface area (Å²) in [5.74, 6) is -1.17. The predicted molar refractivity (Wildman–Crippen MR) is 109 cm³/mol. The number of fused-ring (bicyclic) bond motifs is 1. The first-order valence-electron chi connectivity index (χ1n) is 10.1. The highest BCUT2D eigenvalue weighted by molar-refractivity contribution is 6.15. The van der Waals surface area contributed by atoms with Gasteiger partial charge < -0.3 is 5.32 Å². The lowest BCUT2D eigenvalue weighted by molar-refractivity contribution is -0.124. The van der Waals surface area contributed by atoms with Crippen LogP contribution in [0.1, 0.15) is 36.1 Å². The van der Waals surface area contributed by atoms with Crippen molar-refractivity contribution < 1.29 is 18.4 Å². The number of benzene rings is 1. The molecule has 1 saturated carbocycles. The summed E-state index contributed by atoms with van der Waals surface area (Å²) in [6, 6.07) is 5.81. The Hall–Kier alpha value is -3.62. The Bertz CT molecular complexity index is 1250. The number of halogens is 2. The summed E-state index contributed by atoms with van der Waals surface area (Å²) in [5, 5.41) is 10.1. The van der Waals surface area contributed by atoms with Gasteiger partial charge in [0, 0.05) is 35.0 Å². The molecule has 3 heterocycles. The maximum Gasteiger partial charge on any atom is 0.254 e. The monoisotopic (exact) mass is 423 g/mol. The summed E-state index contributed by atoms with van der Waals surface area (Å²) in [6.07, 6.45) is 6.19. The molecule has 0 bridgehead atoms. The molecule has 158 valence electrons. The maximum absolute atomic E-state index is 14.0. The minimum absolute atomic E-state index is 0.0207. The number of carbonyl (C=O) groups excluding carboxylic acids is 2. The van der Waals surface area contributed by atoms with Gasteiger partial charge in [-0.15, -0.1) is 0 Å². The van der Waals surface area contributed by atoms with E-state index in [4.69, 9.17) is 0 Å². The fraction of sp³-hybridized carbons (Fsp3) is 0.273. The molecule has 1 aliphatic carbocycles. The number of aromatic nitrogens is 3. The van der Waals surface area contributed by atoms with Crippen LogP contribution in [0.2, 0.25) is 0 Å². The number of hydrogen-bond donors (Lipinski definition) is 2. The molecule has 1 aromatic carbocycles. The normalized spacial score (nSPS) is 17.5. The lowest BCUT2D eigenvalue weighted by Gasteiger charge is -2.10. The molecule has 2 fully saturated rings. The van der Waals surface area contributed by atoms with Crippen LogP contribution in [0.25, 0.3) is 11.7 Å². The average molecular weight is 423 g/mol. The largest absolute Gasteiger partial charge is 0.367 e. The number of rotatable bonds is 6. The average Bonchev–Trinajstić information content (AvgIpc) is 3.36. The molecule has 0 spiro atoms. The van der Waals surface area contributed by atoms with Gasteiger partial charge in [0.05, 0.1) is 12.6 Å². The van der Waals surface area contributed by atoms with Crippen molar-refractivity contribution >= 4 is 29.4 Å². The van der Waals surface area contributed by atoms with Gasteiger partial charge in [-0.05, 0) is 43.4 Å². The molecule has 1 aliphatic heterocycles. The van der Waals surface area contributed by atoms with Crippen LogP contribution in [0.3, 0.4) is 0 Å². The van der Waals surface area contributed by atoms with Gasteiger partial charge in [0.2, 0.25) is 5.91 Å². The van der Waals surface area contributed by atoms with Gasteiger partial charge in [0.25, 0.3) is 5.91 Å². The number of carbonyl (C=O) groups is 2. The first kappa shape index (κ1) is 19.3. The molecular weight excluding hydrogens is 404 g/mol.